The summed E-state index contributed by atoms with van der Waals surface area (Å²) in [5.74, 6) is 1.09. The van der Waals surface area contributed by atoms with Gasteiger partial charge in [-0.2, -0.15) is 5.10 Å². The summed E-state index contributed by atoms with van der Waals surface area (Å²) in [5.41, 5.74) is 2.67. The van der Waals surface area contributed by atoms with Crippen molar-refractivity contribution in [2.75, 3.05) is 7.11 Å². The van der Waals surface area contributed by atoms with Crippen molar-refractivity contribution < 1.29 is 9.53 Å². The van der Waals surface area contributed by atoms with Gasteiger partial charge in [0, 0.05) is 35.4 Å². The zero-order valence-corrected chi connectivity index (χ0v) is 21.9. The first-order chi connectivity index (χ1) is 16.6. The van der Waals surface area contributed by atoms with Crippen LogP contribution in [0.25, 0.3) is 17.0 Å². The zero-order valence-electron chi connectivity index (χ0n) is 21.1. The number of ether oxygens (including phenoxy) is 1. The fraction of sp³-hybridized carbons (Fsp3) is 0.400. The Morgan fingerprint density at radius 1 is 1.11 bits per heavy atom. The van der Waals surface area contributed by atoms with E-state index >= 15 is 0 Å². The SMILES string of the molecule is COc1cc2ncc(-c3cc(C(=O)N[C@H](C)c4ncccn4)n(C(C)C)n3)n2cc1SC(C)(C)C. The largest absolute Gasteiger partial charge is 0.495 e. The minimum absolute atomic E-state index is 0.00530. The Kier molecular flexibility index (Phi) is 6.84. The van der Waals surface area contributed by atoms with Crippen LogP contribution >= 0.6 is 11.8 Å². The molecule has 0 fully saturated rings. The van der Waals surface area contributed by atoms with Crippen molar-refractivity contribution in [3.8, 4) is 17.1 Å². The van der Waals surface area contributed by atoms with Gasteiger partial charge in [-0.05, 0) is 32.9 Å². The van der Waals surface area contributed by atoms with Gasteiger partial charge in [-0.3, -0.25) is 13.9 Å². The number of nitrogens with one attached hydrogen (secondary N) is 1. The average Bonchev–Trinajstić information content (AvgIpc) is 3.42. The normalized spacial score (nSPS) is 12.8. The number of carbonyl (C=O) groups is 1. The summed E-state index contributed by atoms with van der Waals surface area (Å²) in [6.07, 6.45) is 7.12. The molecule has 0 spiro atoms. The van der Waals surface area contributed by atoms with E-state index in [1.165, 1.54) is 0 Å². The highest BCUT2D eigenvalue weighted by atomic mass is 32.2. The molecule has 0 aliphatic carbocycles. The summed E-state index contributed by atoms with van der Waals surface area (Å²) in [6.45, 7) is 12.3. The second kappa shape index (κ2) is 9.69. The molecular weight excluding hydrogens is 462 g/mol. The molecule has 1 N–H and O–H groups in total. The van der Waals surface area contributed by atoms with Gasteiger partial charge in [0.25, 0.3) is 5.91 Å². The summed E-state index contributed by atoms with van der Waals surface area (Å²) >= 11 is 1.72. The van der Waals surface area contributed by atoms with E-state index < -0.39 is 0 Å². The summed E-state index contributed by atoms with van der Waals surface area (Å²) in [4.78, 5) is 27.3. The molecule has 0 aliphatic rings. The predicted molar refractivity (Wildman–Crippen MR) is 137 cm³/mol. The summed E-state index contributed by atoms with van der Waals surface area (Å²) in [6, 6.07) is 5.11. The molecule has 0 saturated carbocycles. The quantitative estimate of drug-likeness (QED) is 0.363. The Morgan fingerprint density at radius 2 is 1.83 bits per heavy atom. The lowest BCUT2D eigenvalue weighted by molar-refractivity contribution is 0.0925. The van der Waals surface area contributed by atoms with Crippen molar-refractivity contribution in [2.24, 2.45) is 0 Å². The van der Waals surface area contributed by atoms with Gasteiger partial charge in [-0.1, -0.05) is 20.8 Å². The van der Waals surface area contributed by atoms with Crippen LogP contribution in [0.1, 0.15) is 69.9 Å². The molecule has 0 bridgehead atoms. The van der Waals surface area contributed by atoms with Crippen molar-refractivity contribution in [2.45, 2.75) is 63.3 Å². The summed E-state index contributed by atoms with van der Waals surface area (Å²) in [5, 5.41) is 7.76. The maximum atomic E-state index is 13.2. The van der Waals surface area contributed by atoms with Crippen LogP contribution in [-0.2, 0) is 0 Å². The van der Waals surface area contributed by atoms with Crippen LogP contribution in [-0.4, -0.2) is 46.9 Å². The molecule has 4 aromatic heterocycles. The van der Waals surface area contributed by atoms with E-state index in [1.54, 1.807) is 54.3 Å². The van der Waals surface area contributed by atoms with Crippen LogP contribution in [0.15, 0.2) is 47.9 Å². The number of imidazole rings is 1. The molecule has 1 amide bonds. The molecule has 0 unspecified atom stereocenters. The maximum absolute atomic E-state index is 13.2. The lowest BCUT2D eigenvalue weighted by Crippen LogP contribution is -2.30. The summed E-state index contributed by atoms with van der Waals surface area (Å²) in [7, 11) is 1.67. The van der Waals surface area contributed by atoms with Gasteiger partial charge in [0.2, 0.25) is 0 Å². The van der Waals surface area contributed by atoms with Gasteiger partial charge in [-0.15, -0.1) is 11.8 Å². The average molecular weight is 494 g/mol. The topological polar surface area (TPSA) is 99.2 Å². The molecule has 9 nitrogen and oxygen atoms in total. The number of pyridine rings is 1. The second-order valence-electron chi connectivity index (χ2n) is 9.55. The van der Waals surface area contributed by atoms with E-state index in [-0.39, 0.29) is 22.7 Å². The zero-order chi connectivity index (χ0) is 25.3. The van der Waals surface area contributed by atoms with Crippen LogP contribution in [0, 0.1) is 0 Å². The molecule has 0 aromatic carbocycles. The lowest BCUT2D eigenvalue weighted by Gasteiger charge is -2.19. The van der Waals surface area contributed by atoms with Crippen LogP contribution in [0.5, 0.6) is 5.75 Å². The Bertz CT molecular complexity index is 1340. The highest BCUT2D eigenvalue weighted by Crippen LogP contribution is 2.39. The molecule has 184 valence electrons. The molecular formula is C25H31N7O2S. The number of thioether (sulfide) groups is 1. The third kappa shape index (κ3) is 5.32. The van der Waals surface area contributed by atoms with E-state index in [2.05, 4.69) is 41.0 Å². The van der Waals surface area contributed by atoms with Crippen LogP contribution in [0.4, 0.5) is 0 Å². The number of nitrogens with zero attached hydrogens (tertiary/aromatic N) is 6. The fourth-order valence-electron chi connectivity index (χ4n) is 3.69. The number of carbonyl (C=O) groups excluding carboxylic acids is 1. The predicted octanol–water partition coefficient (Wildman–Crippen LogP) is 4.96. The Hall–Kier alpha value is -3.40. The minimum atomic E-state index is -0.345. The van der Waals surface area contributed by atoms with Crippen LogP contribution in [0.2, 0.25) is 0 Å². The van der Waals surface area contributed by atoms with Gasteiger partial charge in [0.1, 0.15) is 28.6 Å². The second-order valence-corrected chi connectivity index (χ2v) is 11.4. The molecule has 1 atom stereocenters. The Labute approximate surface area is 209 Å². The van der Waals surface area contributed by atoms with Crippen molar-refractivity contribution >= 4 is 23.3 Å². The molecule has 4 heterocycles. The standard InChI is InChI=1S/C25H31N7O2S/c1-15(2)32-18(24(33)29-16(3)23-26-9-8-10-27-23)11-17(30-32)19-13-28-22-12-20(34-7)21(14-31(19)22)35-25(4,5)6/h8-16H,1-7H3,(H,29,33)/t16-/m1/s1. The molecule has 35 heavy (non-hydrogen) atoms. The molecule has 10 heteroatoms. The van der Waals surface area contributed by atoms with Gasteiger partial charge in [-0.25, -0.2) is 15.0 Å². The number of fused-ring (bicyclic) bond motifs is 1. The first-order valence-electron chi connectivity index (χ1n) is 11.5. The first kappa shape index (κ1) is 24.7. The van der Waals surface area contributed by atoms with E-state index in [0.717, 1.165) is 22.0 Å². The number of rotatable bonds is 7. The molecule has 0 aliphatic heterocycles. The number of amides is 1. The maximum Gasteiger partial charge on any atom is 0.270 e. The van der Waals surface area contributed by atoms with Gasteiger partial charge in [0.05, 0.1) is 29.9 Å². The number of hydrogen-bond donors (Lipinski definition) is 1. The van der Waals surface area contributed by atoms with Gasteiger partial charge >= 0.3 is 0 Å². The van der Waals surface area contributed by atoms with E-state index in [4.69, 9.17) is 9.84 Å². The monoisotopic (exact) mass is 493 g/mol. The number of hydrogen-bond acceptors (Lipinski definition) is 7. The fourth-order valence-corrected chi connectivity index (χ4v) is 4.76. The Morgan fingerprint density at radius 3 is 2.46 bits per heavy atom. The van der Waals surface area contributed by atoms with E-state index in [0.29, 0.717) is 17.2 Å². The van der Waals surface area contributed by atoms with Crippen molar-refractivity contribution in [3.63, 3.8) is 0 Å². The molecule has 0 radical (unpaired) electrons. The molecule has 0 saturated heterocycles. The third-order valence-electron chi connectivity index (χ3n) is 5.25. The van der Waals surface area contributed by atoms with Gasteiger partial charge < -0.3 is 10.1 Å². The number of methoxy groups -OCH3 is 1. The third-order valence-corrected chi connectivity index (χ3v) is 6.39. The van der Waals surface area contributed by atoms with Crippen molar-refractivity contribution in [1.29, 1.82) is 0 Å². The minimum Gasteiger partial charge on any atom is -0.495 e. The Balaban J connectivity index is 1.72. The molecule has 4 rings (SSSR count). The number of aromatic nitrogens is 6. The smallest absolute Gasteiger partial charge is 0.270 e. The lowest BCUT2D eigenvalue weighted by atomic mass is 10.2. The highest BCUT2D eigenvalue weighted by Gasteiger charge is 2.23. The summed E-state index contributed by atoms with van der Waals surface area (Å²) < 4.78 is 9.35. The van der Waals surface area contributed by atoms with E-state index in [1.807, 2.05) is 37.4 Å². The van der Waals surface area contributed by atoms with E-state index in [9.17, 15) is 4.79 Å². The highest BCUT2D eigenvalue weighted by molar-refractivity contribution is 8.00. The van der Waals surface area contributed by atoms with Crippen molar-refractivity contribution in [3.05, 3.63) is 54.5 Å². The first-order valence-corrected chi connectivity index (χ1v) is 12.3. The van der Waals surface area contributed by atoms with Gasteiger partial charge in [0.15, 0.2) is 0 Å². The van der Waals surface area contributed by atoms with Crippen molar-refractivity contribution in [1.82, 2.24) is 34.4 Å². The molecule has 4 aromatic rings. The van der Waals surface area contributed by atoms with Crippen LogP contribution in [0.3, 0.4) is 0 Å². The van der Waals surface area contributed by atoms with Crippen LogP contribution < -0.4 is 10.1 Å².